The Kier molecular flexibility index (Phi) is 5.22. The number of hydrogen-bond donors (Lipinski definition) is 2. The minimum Gasteiger partial charge on any atom is -0.325 e. The van der Waals surface area contributed by atoms with Crippen LogP contribution >= 0.6 is 11.6 Å². The van der Waals surface area contributed by atoms with Gasteiger partial charge in [0.25, 0.3) is 0 Å². The van der Waals surface area contributed by atoms with Gasteiger partial charge in [0.2, 0.25) is 11.8 Å². The molecule has 0 heterocycles. The van der Waals surface area contributed by atoms with Crippen molar-refractivity contribution in [1.29, 1.82) is 5.26 Å². The molecule has 0 radical (unpaired) electrons. The zero-order valence-electron chi connectivity index (χ0n) is 13.3. The van der Waals surface area contributed by atoms with Crippen LogP contribution in [-0.2, 0) is 9.59 Å². The van der Waals surface area contributed by atoms with E-state index in [1.165, 1.54) is 13.8 Å². The highest BCUT2D eigenvalue weighted by atomic mass is 35.5. The fourth-order valence-electron chi connectivity index (χ4n) is 1.90. The molecular formula is C18H16ClN3O2. The fraction of sp³-hybridized carbons (Fsp3) is 0.167. The molecule has 0 aliphatic carbocycles. The van der Waals surface area contributed by atoms with Crippen molar-refractivity contribution in [2.24, 2.45) is 5.41 Å². The standard InChI is InChI=1S/C18H16ClN3O2/c1-18(2,17(24)22-15-9-4-3-8-14(15)19)16(23)21-13-7-5-6-12(10-13)11-20/h3-10H,1-2H3,(H,21,23)(H,22,24). The van der Waals surface area contributed by atoms with Crippen LogP contribution in [0.3, 0.4) is 0 Å². The number of para-hydroxylation sites is 1. The largest absolute Gasteiger partial charge is 0.325 e. The average molecular weight is 342 g/mol. The first kappa shape index (κ1) is 17.5. The molecular weight excluding hydrogens is 326 g/mol. The van der Waals surface area contributed by atoms with Gasteiger partial charge in [-0.3, -0.25) is 9.59 Å². The van der Waals surface area contributed by atoms with E-state index in [2.05, 4.69) is 10.6 Å². The van der Waals surface area contributed by atoms with Crippen LogP contribution in [0.25, 0.3) is 0 Å². The molecule has 0 fully saturated rings. The minimum absolute atomic E-state index is 0.392. The van der Waals surface area contributed by atoms with E-state index < -0.39 is 17.2 Å². The van der Waals surface area contributed by atoms with Crippen LogP contribution in [0.2, 0.25) is 5.02 Å². The number of nitrogens with zero attached hydrogens (tertiary/aromatic N) is 1. The maximum absolute atomic E-state index is 12.5. The summed E-state index contributed by atoms with van der Waals surface area (Å²) in [6, 6.07) is 15.3. The molecule has 0 aliphatic heterocycles. The second-order valence-corrected chi connectivity index (χ2v) is 6.11. The van der Waals surface area contributed by atoms with Crippen LogP contribution in [0, 0.1) is 16.7 Å². The maximum Gasteiger partial charge on any atom is 0.239 e. The average Bonchev–Trinajstić information content (AvgIpc) is 2.57. The molecule has 2 aromatic carbocycles. The molecule has 0 aliphatic rings. The Labute approximate surface area is 145 Å². The van der Waals surface area contributed by atoms with Gasteiger partial charge in [0, 0.05) is 5.69 Å². The summed E-state index contributed by atoms with van der Waals surface area (Å²) in [5.74, 6) is -0.966. The van der Waals surface area contributed by atoms with Crippen molar-refractivity contribution < 1.29 is 9.59 Å². The summed E-state index contributed by atoms with van der Waals surface area (Å²) in [6.07, 6.45) is 0. The van der Waals surface area contributed by atoms with E-state index in [4.69, 9.17) is 16.9 Å². The van der Waals surface area contributed by atoms with Crippen LogP contribution in [0.5, 0.6) is 0 Å². The third-order valence-corrected chi connectivity index (χ3v) is 3.84. The van der Waals surface area contributed by atoms with Crippen molar-refractivity contribution in [1.82, 2.24) is 0 Å². The fourth-order valence-corrected chi connectivity index (χ4v) is 2.08. The van der Waals surface area contributed by atoms with Crippen LogP contribution in [0.1, 0.15) is 19.4 Å². The van der Waals surface area contributed by atoms with Crippen molar-refractivity contribution in [2.75, 3.05) is 10.6 Å². The van der Waals surface area contributed by atoms with E-state index in [1.54, 1.807) is 48.5 Å². The first-order chi connectivity index (χ1) is 11.3. The van der Waals surface area contributed by atoms with Gasteiger partial charge in [0.05, 0.1) is 22.3 Å². The number of nitriles is 1. The number of amides is 2. The molecule has 0 atom stereocenters. The third kappa shape index (κ3) is 3.92. The molecule has 0 bridgehead atoms. The van der Waals surface area contributed by atoms with E-state index in [1.807, 2.05) is 6.07 Å². The van der Waals surface area contributed by atoms with E-state index in [0.29, 0.717) is 22.0 Å². The molecule has 5 nitrogen and oxygen atoms in total. The van der Waals surface area contributed by atoms with E-state index in [0.717, 1.165) is 0 Å². The quantitative estimate of drug-likeness (QED) is 0.829. The Morgan fingerprint density at radius 2 is 1.71 bits per heavy atom. The Hall–Kier alpha value is -2.84. The van der Waals surface area contributed by atoms with Gasteiger partial charge in [-0.1, -0.05) is 29.8 Å². The normalized spacial score (nSPS) is 10.6. The van der Waals surface area contributed by atoms with Crippen molar-refractivity contribution >= 4 is 34.8 Å². The number of carbonyl (C=O) groups excluding carboxylic acids is 2. The Morgan fingerprint density at radius 3 is 2.38 bits per heavy atom. The van der Waals surface area contributed by atoms with Crippen molar-refractivity contribution in [3.63, 3.8) is 0 Å². The van der Waals surface area contributed by atoms with Crippen LogP contribution in [0.4, 0.5) is 11.4 Å². The zero-order valence-corrected chi connectivity index (χ0v) is 14.0. The number of hydrogen-bond acceptors (Lipinski definition) is 3. The lowest BCUT2D eigenvalue weighted by Gasteiger charge is -2.23. The van der Waals surface area contributed by atoms with Gasteiger partial charge in [0.15, 0.2) is 0 Å². The van der Waals surface area contributed by atoms with Gasteiger partial charge in [-0.15, -0.1) is 0 Å². The number of benzene rings is 2. The summed E-state index contributed by atoms with van der Waals surface area (Å²) in [5.41, 5.74) is -0.0118. The molecule has 0 unspecified atom stereocenters. The topological polar surface area (TPSA) is 82.0 Å². The summed E-state index contributed by atoms with van der Waals surface area (Å²) in [5, 5.41) is 14.6. The zero-order chi connectivity index (χ0) is 17.7. The predicted octanol–water partition coefficient (Wildman–Crippen LogP) is 3.82. The SMILES string of the molecule is CC(C)(C(=O)Nc1cccc(C#N)c1)C(=O)Nc1ccccc1Cl. The van der Waals surface area contributed by atoms with Crippen molar-refractivity contribution in [3.8, 4) is 6.07 Å². The number of anilines is 2. The monoisotopic (exact) mass is 341 g/mol. The summed E-state index contributed by atoms with van der Waals surface area (Å²) >= 11 is 6.02. The minimum atomic E-state index is -1.33. The first-order valence-corrected chi connectivity index (χ1v) is 7.60. The molecule has 2 aromatic rings. The lowest BCUT2D eigenvalue weighted by atomic mass is 9.90. The molecule has 0 saturated heterocycles. The van der Waals surface area contributed by atoms with Crippen molar-refractivity contribution in [2.45, 2.75) is 13.8 Å². The Morgan fingerprint density at radius 1 is 1.04 bits per heavy atom. The molecule has 0 spiro atoms. The Balaban J connectivity index is 2.13. The third-order valence-electron chi connectivity index (χ3n) is 3.51. The van der Waals surface area contributed by atoms with Gasteiger partial charge >= 0.3 is 0 Å². The second-order valence-electron chi connectivity index (χ2n) is 5.71. The number of rotatable bonds is 4. The summed E-state index contributed by atoms with van der Waals surface area (Å²) < 4.78 is 0. The van der Waals surface area contributed by atoms with E-state index >= 15 is 0 Å². The molecule has 0 aromatic heterocycles. The van der Waals surface area contributed by atoms with Gasteiger partial charge in [-0.2, -0.15) is 5.26 Å². The van der Waals surface area contributed by atoms with Crippen LogP contribution in [-0.4, -0.2) is 11.8 Å². The van der Waals surface area contributed by atoms with Gasteiger partial charge in [-0.25, -0.2) is 0 Å². The van der Waals surface area contributed by atoms with Gasteiger partial charge in [0.1, 0.15) is 5.41 Å². The molecule has 2 N–H and O–H groups in total. The highest BCUT2D eigenvalue weighted by molar-refractivity contribution is 6.34. The maximum atomic E-state index is 12.5. The second kappa shape index (κ2) is 7.16. The molecule has 0 saturated carbocycles. The summed E-state index contributed by atoms with van der Waals surface area (Å²) in [4.78, 5) is 24.9. The number of carbonyl (C=O) groups is 2. The lowest BCUT2D eigenvalue weighted by molar-refractivity contribution is -0.135. The van der Waals surface area contributed by atoms with Crippen LogP contribution in [0.15, 0.2) is 48.5 Å². The van der Waals surface area contributed by atoms with Crippen molar-refractivity contribution in [3.05, 3.63) is 59.1 Å². The van der Waals surface area contributed by atoms with Gasteiger partial charge < -0.3 is 10.6 Å². The predicted molar refractivity (Wildman–Crippen MR) is 93.6 cm³/mol. The smallest absolute Gasteiger partial charge is 0.239 e. The lowest BCUT2D eigenvalue weighted by Crippen LogP contribution is -2.41. The molecule has 6 heteroatoms. The van der Waals surface area contributed by atoms with E-state index in [-0.39, 0.29) is 0 Å². The summed E-state index contributed by atoms with van der Waals surface area (Å²) in [7, 11) is 0. The number of halogens is 1. The van der Waals surface area contributed by atoms with E-state index in [9.17, 15) is 9.59 Å². The first-order valence-electron chi connectivity index (χ1n) is 7.22. The molecule has 24 heavy (non-hydrogen) atoms. The molecule has 2 rings (SSSR count). The highest BCUT2D eigenvalue weighted by Crippen LogP contribution is 2.25. The highest BCUT2D eigenvalue weighted by Gasteiger charge is 2.36. The Bertz CT molecular complexity index is 825. The molecule has 122 valence electrons. The van der Waals surface area contributed by atoms with Crippen LogP contribution < -0.4 is 10.6 Å². The number of nitrogens with one attached hydrogen (secondary N) is 2. The molecule has 2 amide bonds. The summed E-state index contributed by atoms with van der Waals surface area (Å²) in [6.45, 7) is 3.03. The van der Waals surface area contributed by atoms with Gasteiger partial charge in [-0.05, 0) is 44.2 Å².